The van der Waals surface area contributed by atoms with Crippen molar-refractivity contribution in [3.63, 3.8) is 0 Å². The summed E-state index contributed by atoms with van der Waals surface area (Å²) in [7, 11) is 1.51. The molecule has 0 spiro atoms. The van der Waals surface area contributed by atoms with Gasteiger partial charge in [-0.3, -0.25) is 4.21 Å². The van der Waals surface area contributed by atoms with E-state index in [1.807, 2.05) is 13.8 Å². The van der Waals surface area contributed by atoms with Gasteiger partial charge in [-0.05, 0) is 20.9 Å². The largest absolute Gasteiger partial charge is 0.760 e. The van der Waals surface area contributed by atoms with Gasteiger partial charge in [0, 0.05) is 24.4 Å². The van der Waals surface area contributed by atoms with Gasteiger partial charge < -0.3 is 9.29 Å². The molecule has 0 saturated carbocycles. The van der Waals surface area contributed by atoms with Gasteiger partial charge in [0.2, 0.25) is 0 Å². The van der Waals surface area contributed by atoms with Crippen molar-refractivity contribution in [2.24, 2.45) is 0 Å². The van der Waals surface area contributed by atoms with Crippen molar-refractivity contribution in [3.8, 4) is 0 Å². The Kier molecular flexibility index (Phi) is 5.67. The summed E-state index contributed by atoms with van der Waals surface area (Å²) in [5, 5.41) is 0. The molecular weight excluding hydrogens is 166 g/mol. The topological polar surface area (TPSA) is 52.6 Å². The lowest BCUT2D eigenvalue weighted by Crippen LogP contribution is -2.30. The molecule has 0 bridgehead atoms. The molecule has 0 aliphatic rings. The van der Waals surface area contributed by atoms with Crippen LogP contribution in [0.2, 0.25) is 0 Å². The van der Waals surface area contributed by atoms with Crippen molar-refractivity contribution >= 4 is 11.3 Å². The fraction of sp³-hybridized carbons (Fsp3) is 1.00. The molecule has 0 aliphatic heterocycles. The average molecular weight is 180 g/mol. The van der Waals surface area contributed by atoms with Crippen LogP contribution in [0.4, 0.5) is 0 Å². The molecule has 0 aliphatic carbocycles. The first-order chi connectivity index (χ1) is 5.07. The van der Waals surface area contributed by atoms with E-state index < -0.39 is 11.3 Å². The molecule has 0 amide bonds. The molecule has 0 aromatic rings. The number of nitrogens with zero attached hydrogens (tertiary/aromatic N) is 1. The highest BCUT2D eigenvalue weighted by Gasteiger charge is 2.04. The van der Waals surface area contributed by atoms with Crippen molar-refractivity contribution in [1.82, 2.24) is 4.31 Å². The standard InChI is InChI=1S/C6H15NO3S/c1-4-10-6(2)5-7(3)11(8)9/h6H,4-5H2,1-3H3,(H,8,9)/p-1/t6-/m0/s1. The maximum atomic E-state index is 10.3. The van der Waals surface area contributed by atoms with Crippen LogP contribution in [0.25, 0.3) is 0 Å². The normalized spacial score (nSPS) is 16.8. The smallest absolute Gasteiger partial charge is 0.0683 e. The second-order valence-electron chi connectivity index (χ2n) is 2.29. The Morgan fingerprint density at radius 1 is 1.73 bits per heavy atom. The second-order valence-corrected chi connectivity index (χ2v) is 3.35. The summed E-state index contributed by atoms with van der Waals surface area (Å²) >= 11 is -2.13. The van der Waals surface area contributed by atoms with Crippen molar-refractivity contribution in [2.45, 2.75) is 20.0 Å². The Balaban J connectivity index is 3.56. The molecule has 0 aromatic heterocycles. The third-order valence-electron chi connectivity index (χ3n) is 1.22. The van der Waals surface area contributed by atoms with Crippen LogP contribution in [0, 0.1) is 0 Å². The lowest BCUT2D eigenvalue weighted by atomic mass is 10.4. The van der Waals surface area contributed by atoms with E-state index >= 15 is 0 Å². The first kappa shape index (κ1) is 11.0. The zero-order valence-corrected chi connectivity index (χ0v) is 7.89. The molecule has 0 aromatic carbocycles. The summed E-state index contributed by atoms with van der Waals surface area (Å²) in [5.41, 5.74) is 0. The first-order valence-corrected chi connectivity index (χ1v) is 4.53. The van der Waals surface area contributed by atoms with E-state index in [9.17, 15) is 8.76 Å². The van der Waals surface area contributed by atoms with Gasteiger partial charge in [-0.1, -0.05) is 0 Å². The van der Waals surface area contributed by atoms with E-state index in [-0.39, 0.29) is 6.10 Å². The number of ether oxygens (including phenoxy) is 1. The van der Waals surface area contributed by atoms with Crippen LogP contribution in [0.3, 0.4) is 0 Å². The monoisotopic (exact) mass is 180 g/mol. The molecule has 4 nitrogen and oxygen atoms in total. The van der Waals surface area contributed by atoms with Crippen molar-refractivity contribution in [1.29, 1.82) is 0 Å². The highest BCUT2D eigenvalue weighted by atomic mass is 32.2. The van der Waals surface area contributed by atoms with Crippen LogP contribution in [-0.2, 0) is 16.0 Å². The highest BCUT2D eigenvalue weighted by Crippen LogP contribution is 1.95. The maximum Gasteiger partial charge on any atom is 0.0683 e. The molecule has 0 fully saturated rings. The minimum absolute atomic E-state index is 0.0390. The first-order valence-electron chi connectivity index (χ1n) is 3.50. The minimum Gasteiger partial charge on any atom is -0.760 e. The summed E-state index contributed by atoms with van der Waals surface area (Å²) < 4.78 is 27.0. The Morgan fingerprint density at radius 3 is 2.64 bits per heavy atom. The van der Waals surface area contributed by atoms with E-state index in [0.29, 0.717) is 13.2 Å². The van der Waals surface area contributed by atoms with Gasteiger partial charge in [-0.25, -0.2) is 4.31 Å². The molecule has 5 heteroatoms. The van der Waals surface area contributed by atoms with Gasteiger partial charge in [0.05, 0.1) is 6.10 Å². The molecule has 1 unspecified atom stereocenters. The molecule has 0 radical (unpaired) electrons. The predicted octanol–water partition coefficient (Wildman–Crippen LogP) is 0.137. The number of hydrogen-bond acceptors (Lipinski definition) is 3. The fourth-order valence-corrected chi connectivity index (χ4v) is 1.09. The second kappa shape index (κ2) is 5.65. The van der Waals surface area contributed by atoms with Gasteiger partial charge in [-0.15, -0.1) is 0 Å². The molecule has 0 saturated heterocycles. The summed E-state index contributed by atoms with van der Waals surface area (Å²) in [6.07, 6.45) is -0.0390. The van der Waals surface area contributed by atoms with Crippen LogP contribution in [-0.4, -0.2) is 39.4 Å². The number of hydrogen-bond donors (Lipinski definition) is 0. The van der Waals surface area contributed by atoms with Crippen LogP contribution < -0.4 is 0 Å². The summed E-state index contributed by atoms with van der Waals surface area (Å²) in [4.78, 5) is 0. The molecule has 68 valence electrons. The minimum atomic E-state index is -2.13. The van der Waals surface area contributed by atoms with E-state index in [0.717, 1.165) is 0 Å². The third-order valence-corrected chi connectivity index (χ3v) is 1.88. The number of likely N-dealkylation sites (N-methyl/N-ethyl adjacent to an activating group) is 1. The Bertz CT molecular complexity index is 131. The Morgan fingerprint density at radius 2 is 2.27 bits per heavy atom. The Labute approximate surface area is 70.0 Å². The summed E-state index contributed by atoms with van der Waals surface area (Å²) in [5.74, 6) is 0. The Hall–Kier alpha value is 0.0300. The summed E-state index contributed by atoms with van der Waals surface area (Å²) in [6.45, 7) is 4.74. The van der Waals surface area contributed by atoms with E-state index in [2.05, 4.69) is 0 Å². The van der Waals surface area contributed by atoms with Gasteiger partial charge in [-0.2, -0.15) is 0 Å². The van der Waals surface area contributed by atoms with Crippen LogP contribution in [0.5, 0.6) is 0 Å². The van der Waals surface area contributed by atoms with Crippen LogP contribution in [0.1, 0.15) is 13.8 Å². The van der Waals surface area contributed by atoms with Crippen LogP contribution in [0.15, 0.2) is 0 Å². The lowest BCUT2D eigenvalue weighted by molar-refractivity contribution is 0.0653. The van der Waals surface area contributed by atoms with Crippen molar-refractivity contribution in [2.75, 3.05) is 20.2 Å². The molecular formula is C6H14NO3S-. The zero-order chi connectivity index (χ0) is 8.85. The van der Waals surface area contributed by atoms with E-state index in [1.165, 1.54) is 11.4 Å². The highest BCUT2D eigenvalue weighted by molar-refractivity contribution is 7.76. The summed E-state index contributed by atoms with van der Waals surface area (Å²) in [6, 6.07) is 0. The van der Waals surface area contributed by atoms with Gasteiger partial charge in [0.25, 0.3) is 0 Å². The maximum absolute atomic E-state index is 10.3. The van der Waals surface area contributed by atoms with Crippen molar-refractivity contribution < 1.29 is 13.5 Å². The average Bonchev–Trinajstić information content (AvgIpc) is 1.87. The lowest BCUT2D eigenvalue weighted by Gasteiger charge is -2.22. The zero-order valence-electron chi connectivity index (χ0n) is 7.07. The molecule has 2 atom stereocenters. The third kappa shape index (κ3) is 5.32. The molecule has 0 rings (SSSR count). The van der Waals surface area contributed by atoms with Gasteiger partial charge >= 0.3 is 0 Å². The molecule has 0 heterocycles. The SMILES string of the molecule is CCO[C@@H](C)CN(C)S(=O)[O-]. The molecule has 0 N–H and O–H groups in total. The molecule has 11 heavy (non-hydrogen) atoms. The number of rotatable bonds is 5. The fourth-order valence-electron chi connectivity index (χ4n) is 0.760. The quantitative estimate of drug-likeness (QED) is 0.565. The van der Waals surface area contributed by atoms with E-state index in [4.69, 9.17) is 4.74 Å². The van der Waals surface area contributed by atoms with Crippen molar-refractivity contribution in [3.05, 3.63) is 0 Å². The van der Waals surface area contributed by atoms with Gasteiger partial charge in [0.1, 0.15) is 0 Å². The predicted molar refractivity (Wildman–Crippen MR) is 42.6 cm³/mol. The van der Waals surface area contributed by atoms with Gasteiger partial charge in [0.15, 0.2) is 0 Å². The van der Waals surface area contributed by atoms with Crippen LogP contribution >= 0.6 is 0 Å². The van der Waals surface area contributed by atoms with E-state index in [1.54, 1.807) is 0 Å².